The molecule has 14 heavy (non-hydrogen) atoms. The fourth-order valence-electron chi connectivity index (χ4n) is 0.949. The summed E-state index contributed by atoms with van der Waals surface area (Å²) in [5.74, 6) is -3.82. The third-order valence-corrected chi connectivity index (χ3v) is 1.68. The maximum atomic E-state index is 13.0. The third-order valence-electron chi connectivity index (χ3n) is 1.68. The molecule has 0 saturated heterocycles. The topological polar surface area (TPSA) is 12.0 Å². The Morgan fingerprint density at radius 2 is 1.93 bits per heavy atom. The van der Waals surface area contributed by atoms with Crippen molar-refractivity contribution in [1.29, 1.82) is 0 Å². The zero-order valence-electron chi connectivity index (χ0n) is 7.65. The number of anilines is 1. The summed E-state index contributed by atoms with van der Waals surface area (Å²) in [6.45, 7) is 2.18. The molecule has 4 heteroatoms. The third kappa shape index (κ3) is 2.28. The predicted molar refractivity (Wildman–Crippen MR) is 49.6 cm³/mol. The molecule has 0 unspecified atom stereocenters. The van der Waals surface area contributed by atoms with Gasteiger partial charge < -0.3 is 5.32 Å². The number of benzene rings is 1. The second kappa shape index (κ2) is 4.69. The number of hydrogen-bond donors (Lipinski definition) is 1. The van der Waals surface area contributed by atoms with Crippen LogP contribution in [-0.2, 0) is 0 Å². The van der Waals surface area contributed by atoms with E-state index < -0.39 is 17.5 Å². The van der Waals surface area contributed by atoms with E-state index in [-0.39, 0.29) is 5.69 Å². The highest BCUT2D eigenvalue weighted by atomic mass is 19.2. The van der Waals surface area contributed by atoms with Gasteiger partial charge in [-0.05, 0) is 19.1 Å². The van der Waals surface area contributed by atoms with E-state index in [2.05, 4.69) is 5.32 Å². The Bertz CT molecular complexity index is 347. The number of allylic oxidation sites excluding steroid dienone is 1. The van der Waals surface area contributed by atoms with Crippen LogP contribution in [0.15, 0.2) is 24.3 Å². The van der Waals surface area contributed by atoms with Gasteiger partial charge in [-0.2, -0.15) is 0 Å². The van der Waals surface area contributed by atoms with Gasteiger partial charge in [0.15, 0.2) is 17.5 Å². The molecular formula is C10H10F3N. The zero-order chi connectivity index (χ0) is 10.6. The van der Waals surface area contributed by atoms with Crippen LogP contribution in [-0.4, -0.2) is 6.54 Å². The van der Waals surface area contributed by atoms with Crippen LogP contribution in [0.25, 0.3) is 0 Å². The molecule has 0 atom stereocenters. The lowest BCUT2D eigenvalue weighted by molar-refractivity contribution is 0.449. The van der Waals surface area contributed by atoms with Crippen molar-refractivity contribution in [3.05, 3.63) is 41.7 Å². The van der Waals surface area contributed by atoms with Crippen LogP contribution < -0.4 is 5.32 Å². The Hall–Kier alpha value is -1.45. The molecule has 0 aromatic heterocycles. The van der Waals surface area contributed by atoms with Gasteiger partial charge in [0.1, 0.15) is 0 Å². The normalized spacial score (nSPS) is 10.9. The maximum absolute atomic E-state index is 13.0. The van der Waals surface area contributed by atoms with E-state index in [0.717, 1.165) is 12.1 Å². The molecule has 1 rings (SSSR count). The van der Waals surface area contributed by atoms with Gasteiger partial charge in [0.05, 0.1) is 5.69 Å². The van der Waals surface area contributed by atoms with Crippen LogP contribution in [0.5, 0.6) is 0 Å². The Morgan fingerprint density at radius 3 is 2.57 bits per heavy atom. The lowest BCUT2D eigenvalue weighted by Gasteiger charge is -2.05. The van der Waals surface area contributed by atoms with Crippen molar-refractivity contribution in [2.45, 2.75) is 6.92 Å². The van der Waals surface area contributed by atoms with Gasteiger partial charge >= 0.3 is 0 Å². The smallest absolute Gasteiger partial charge is 0.196 e. The van der Waals surface area contributed by atoms with Crippen molar-refractivity contribution >= 4 is 5.69 Å². The molecule has 1 aromatic rings. The van der Waals surface area contributed by atoms with Crippen LogP contribution in [0.4, 0.5) is 18.9 Å². The van der Waals surface area contributed by atoms with E-state index in [1.807, 2.05) is 6.92 Å². The summed E-state index contributed by atoms with van der Waals surface area (Å²) < 4.78 is 38.2. The molecule has 0 radical (unpaired) electrons. The molecule has 0 aliphatic heterocycles. The predicted octanol–water partition coefficient (Wildman–Crippen LogP) is 3.09. The van der Waals surface area contributed by atoms with E-state index in [0.29, 0.717) is 6.54 Å². The first-order valence-electron chi connectivity index (χ1n) is 4.15. The Labute approximate surface area is 80.2 Å². The second-order valence-electron chi connectivity index (χ2n) is 2.67. The molecule has 0 fully saturated rings. The molecule has 0 bridgehead atoms. The minimum Gasteiger partial charge on any atom is -0.379 e. The van der Waals surface area contributed by atoms with Gasteiger partial charge in [-0.3, -0.25) is 0 Å². The molecule has 1 aromatic carbocycles. The highest BCUT2D eigenvalue weighted by Crippen LogP contribution is 2.19. The Kier molecular flexibility index (Phi) is 3.56. The quantitative estimate of drug-likeness (QED) is 0.585. The number of hydrogen-bond acceptors (Lipinski definition) is 1. The summed E-state index contributed by atoms with van der Waals surface area (Å²) in [7, 11) is 0. The monoisotopic (exact) mass is 201 g/mol. The highest BCUT2D eigenvalue weighted by molar-refractivity contribution is 5.45. The first kappa shape index (κ1) is 10.6. The first-order valence-corrected chi connectivity index (χ1v) is 4.15. The largest absolute Gasteiger partial charge is 0.379 e. The number of rotatable bonds is 3. The lowest BCUT2D eigenvalue weighted by Crippen LogP contribution is -2.03. The van der Waals surface area contributed by atoms with Crippen molar-refractivity contribution in [2.24, 2.45) is 0 Å². The average Bonchev–Trinajstić information content (AvgIpc) is 2.18. The molecule has 0 heterocycles. The van der Waals surface area contributed by atoms with Crippen LogP contribution >= 0.6 is 0 Å². The first-order chi connectivity index (χ1) is 6.66. The van der Waals surface area contributed by atoms with E-state index >= 15 is 0 Å². The Morgan fingerprint density at radius 1 is 1.21 bits per heavy atom. The summed E-state index contributed by atoms with van der Waals surface area (Å²) in [5.41, 5.74) is -0.0398. The van der Waals surface area contributed by atoms with Gasteiger partial charge in [0.2, 0.25) is 0 Å². The molecule has 0 aliphatic rings. The van der Waals surface area contributed by atoms with Gasteiger partial charge in [-0.1, -0.05) is 12.2 Å². The van der Waals surface area contributed by atoms with Gasteiger partial charge in [-0.15, -0.1) is 0 Å². The van der Waals surface area contributed by atoms with Gasteiger partial charge in [0.25, 0.3) is 0 Å². The molecule has 76 valence electrons. The molecule has 1 nitrogen and oxygen atoms in total. The van der Waals surface area contributed by atoms with Crippen LogP contribution in [0.1, 0.15) is 6.92 Å². The standard InChI is InChI=1S/C10H10F3N/c1-2-3-6-14-8-5-4-7(11)9(12)10(8)13/h2-5,14H,6H2,1H3/b3-2+. The summed E-state index contributed by atoms with van der Waals surface area (Å²) in [4.78, 5) is 0. The molecule has 0 aliphatic carbocycles. The van der Waals surface area contributed by atoms with E-state index in [1.165, 1.54) is 0 Å². The number of halogens is 3. The van der Waals surface area contributed by atoms with Crippen molar-refractivity contribution in [2.75, 3.05) is 11.9 Å². The maximum Gasteiger partial charge on any atom is 0.196 e. The van der Waals surface area contributed by atoms with Crippen molar-refractivity contribution in [3.63, 3.8) is 0 Å². The summed E-state index contributed by atoms with van der Waals surface area (Å²) >= 11 is 0. The van der Waals surface area contributed by atoms with Crippen molar-refractivity contribution < 1.29 is 13.2 Å². The zero-order valence-corrected chi connectivity index (χ0v) is 7.65. The summed E-state index contributed by atoms with van der Waals surface area (Å²) in [6, 6.07) is 2.05. The fourth-order valence-corrected chi connectivity index (χ4v) is 0.949. The molecular weight excluding hydrogens is 191 g/mol. The van der Waals surface area contributed by atoms with Gasteiger partial charge in [-0.25, -0.2) is 13.2 Å². The SMILES string of the molecule is C/C=C/CNc1ccc(F)c(F)c1F. The van der Waals surface area contributed by atoms with Crippen LogP contribution in [0.2, 0.25) is 0 Å². The molecule has 1 N–H and O–H groups in total. The second-order valence-corrected chi connectivity index (χ2v) is 2.67. The fraction of sp³-hybridized carbons (Fsp3) is 0.200. The highest BCUT2D eigenvalue weighted by Gasteiger charge is 2.12. The average molecular weight is 201 g/mol. The van der Waals surface area contributed by atoms with Crippen LogP contribution in [0.3, 0.4) is 0 Å². The van der Waals surface area contributed by atoms with E-state index in [1.54, 1.807) is 12.2 Å². The van der Waals surface area contributed by atoms with Crippen molar-refractivity contribution in [1.82, 2.24) is 0 Å². The van der Waals surface area contributed by atoms with E-state index in [4.69, 9.17) is 0 Å². The van der Waals surface area contributed by atoms with Gasteiger partial charge in [0, 0.05) is 6.54 Å². The van der Waals surface area contributed by atoms with E-state index in [9.17, 15) is 13.2 Å². The summed E-state index contributed by atoms with van der Waals surface area (Å²) in [6.07, 6.45) is 3.51. The summed E-state index contributed by atoms with van der Waals surface area (Å²) in [5, 5.41) is 2.61. The minimum absolute atomic E-state index is 0.0398. The van der Waals surface area contributed by atoms with Crippen LogP contribution in [0, 0.1) is 17.5 Å². The minimum atomic E-state index is -1.45. The molecule has 0 spiro atoms. The molecule has 0 saturated carbocycles. The lowest BCUT2D eigenvalue weighted by atomic mass is 10.3. The van der Waals surface area contributed by atoms with Crippen molar-refractivity contribution in [3.8, 4) is 0 Å². The molecule has 0 amide bonds. The number of nitrogens with one attached hydrogen (secondary N) is 1. The Balaban J connectivity index is 2.83.